The summed E-state index contributed by atoms with van der Waals surface area (Å²) in [6.07, 6.45) is 0. The van der Waals surface area contributed by atoms with E-state index in [1.165, 1.54) is 23.9 Å². The standard InChI is InChI=1S/C27H24N2O8S2/c1-3-35-18(30)13-37-17-7-5-6-15(12-17)19-20-22(38-23-21(19)39-27(34)28-23)25(32)29(24(20)31)16-10-8-14(9-11-16)26(33)36-4-2/h5-12,19-20,22H,3-4,13H2,1-2H3,(H,28,34)/t19-,20?,22?/m1/s1. The van der Waals surface area contributed by atoms with Crippen molar-refractivity contribution in [1.82, 2.24) is 4.98 Å². The fourth-order valence-electron chi connectivity index (χ4n) is 4.73. The van der Waals surface area contributed by atoms with Crippen molar-refractivity contribution in [3.05, 3.63) is 74.2 Å². The molecule has 3 aromatic rings. The van der Waals surface area contributed by atoms with Gasteiger partial charge >= 0.3 is 16.8 Å². The maximum atomic E-state index is 13.9. The Hall–Kier alpha value is -3.90. The number of nitrogens with zero attached hydrogens (tertiary/aromatic N) is 1. The Labute approximate surface area is 231 Å². The topological polar surface area (TPSA) is 132 Å². The van der Waals surface area contributed by atoms with Gasteiger partial charge in [-0.25, -0.2) is 14.5 Å². The number of aromatic amines is 1. The van der Waals surface area contributed by atoms with Crippen molar-refractivity contribution >= 4 is 52.5 Å². The van der Waals surface area contributed by atoms with Gasteiger partial charge in [-0.15, -0.1) is 0 Å². The lowest BCUT2D eigenvalue weighted by Crippen LogP contribution is -2.32. The third-order valence-electron chi connectivity index (χ3n) is 6.34. The number of imide groups is 1. The molecule has 39 heavy (non-hydrogen) atoms. The van der Waals surface area contributed by atoms with Crippen LogP contribution in [0.3, 0.4) is 0 Å². The molecule has 0 aliphatic carbocycles. The number of carbonyl (C=O) groups excluding carboxylic acids is 4. The SMILES string of the molecule is CCOC(=O)COc1cccc([C@H]2c3sc(=O)[nH]c3SC3C(=O)N(c4ccc(C(=O)OCC)cc4)C(=O)C32)c1. The molecular formula is C27H24N2O8S2. The Morgan fingerprint density at radius 2 is 1.72 bits per heavy atom. The normalized spacial score (nSPS) is 19.8. The highest BCUT2D eigenvalue weighted by atomic mass is 32.2. The number of thiazole rings is 1. The van der Waals surface area contributed by atoms with E-state index in [0.29, 0.717) is 32.5 Å². The second-order valence-electron chi connectivity index (χ2n) is 8.70. The second-order valence-corrected chi connectivity index (χ2v) is 10.9. The van der Waals surface area contributed by atoms with Crippen LogP contribution in [0.15, 0.2) is 58.4 Å². The molecule has 10 nitrogen and oxygen atoms in total. The van der Waals surface area contributed by atoms with Crippen LogP contribution in [0.5, 0.6) is 5.75 Å². The summed E-state index contributed by atoms with van der Waals surface area (Å²) >= 11 is 2.17. The van der Waals surface area contributed by atoms with E-state index in [-0.39, 0.29) is 24.7 Å². The number of carbonyl (C=O) groups is 4. The molecule has 1 fully saturated rings. The van der Waals surface area contributed by atoms with Crippen LogP contribution in [0, 0.1) is 5.92 Å². The summed E-state index contributed by atoms with van der Waals surface area (Å²) in [6, 6.07) is 13.0. The number of hydrogen-bond donors (Lipinski definition) is 1. The molecule has 1 N–H and O–H groups in total. The number of hydrogen-bond acceptors (Lipinski definition) is 10. The van der Waals surface area contributed by atoms with Crippen molar-refractivity contribution in [3.63, 3.8) is 0 Å². The van der Waals surface area contributed by atoms with E-state index in [9.17, 15) is 24.0 Å². The van der Waals surface area contributed by atoms with Crippen LogP contribution in [0.1, 0.15) is 40.6 Å². The first-order chi connectivity index (χ1) is 18.8. The summed E-state index contributed by atoms with van der Waals surface area (Å²) in [6.45, 7) is 3.59. The average Bonchev–Trinajstić information content (AvgIpc) is 3.42. The van der Waals surface area contributed by atoms with E-state index < -0.39 is 40.8 Å². The van der Waals surface area contributed by atoms with E-state index in [0.717, 1.165) is 16.2 Å². The van der Waals surface area contributed by atoms with Crippen LogP contribution in [0.2, 0.25) is 0 Å². The number of H-pyrrole nitrogens is 1. The number of ether oxygens (including phenoxy) is 3. The summed E-state index contributed by atoms with van der Waals surface area (Å²) in [4.78, 5) is 67.9. The average molecular weight is 569 g/mol. The molecule has 2 aliphatic rings. The summed E-state index contributed by atoms with van der Waals surface area (Å²) in [5.41, 5.74) is 1.32. The van der Waals surface area contributed by atoms with Crippen molar-refractivity contribution in [2.45, 2.75) is 30.0 Å². The Morgan fingerprint density at radius 1 is 0.974 bits per heavy atom. The minimum absolute atomic E-state index is 0.229. The fraction of sp³-hybridized carbons (Fsp3) is 0.296. The third-order valence-corrected chi connectivity index (χ3v) is 8.74. The number of esters is 2. The lowest BCUT2D eigenvalue weighted by Gasteiger charge is -2.30. The van der Waals surface area contributed by atoms with E-state index >= 15 is 0 Å². The van der Waals surface area contributed by atoms with Gasteiger partial charge in [0.05, 0.1) is 35.4 Å². The predicted octanol–water partition coefficient (Wildman–Crippen LogP) is 3.35. The van der Waals surface area contributed by atoms with Crippen molar-refractivity contribution in [2.24, 2.45) is 5.92 Å². The van der Waals surface area contributed by atoms with Gasteiger partial charge < -0.3 is 19.2 Å². The van der Waals surface area contributed by atoms with Crippen molar-refractivity contribution in [3.8, 4) is 5.75 Å². The van der Waals surface area contributed by atoms with Crippen LogP contribution in [-0.4, -0.2) is 53.8 Å². The largest absolute Gasteiger partial charge is 0.482 e. The molecule has 0 bridgehead atoms. The first-order valence-electron chi connectivity index (χ1n) is 12.2. The summed E-state index contributed by atoms with van der Waals surface area (Å²) in [5, 5.41) is -0.219. The van der Waals surface area contributed by atoms with E-state index in [1.807, 2.05) is 0 Å². The van der Waals surface area contributed by atoms with E-state index in [4.69, 9.17) is 14.2 Å². The summed E-state index contributed by atoms with van der Waals surface area (Å²) in [5.74, 6) is -2.81. The molecule has 202 valence electrons. The third kappa shape index (κ3) is 5.09. The minimum Gasteiger partial charge on any atom is -0.482 e. The molecule has 0 saturated carbocycles. The Morgan fingerprint density at radius 3 is 2.44 bits per heavy atom. The van der Waals surface area contributed by atoms with Crippen LogP contribution >= 0.6 is 23.1 Å². The molecule has 2 aromatic carbocycles. The molecule has 3 atom stereocenters. The first-order valence-corrected chi connectivity index (χ1v) is 13.9. The Bertz CT molecular complexity index is 1500. The molecule has 2 aliphatic heterocycles. The zero-order valence-electron chi connectivity index (χ0n) is 21.0. The zero-order chi connectivity index (χ0) is 27.7. The molecule has 5 rings (SSSR count). The van der Waals surface area contributed by atoms with E-state index in [2.05, 4.69) is 4.98 Å². The number of benzene rings is 2. The van der Waals surface area contributed by atoms with Gasteiger partial charge in [0.15, 0.2) is 6.61 Å². The maximum Gasteiger partial charge on any atom is 0.344 e. The monoisotopic (exact) mass is 568 g/mol. The zero-order valence-corrected chi connectivity index (χ0v) is 22.6. The fourth-order valence-corrected chi connectivity index (χ4v) is 7.25. The van der Waals surface area contributed by atoms with E-state index in [1.54, 1.807) is 50.2 Å². The quantitative estimate of drug-likeness (QED) is 0.321. The van der Waals surface area contributed by atoms with Gasteiger partial charge in [-0.2, -0.15) is 0 Å². The highest BCUT2D eigenvalue weighted by Crippen LogP contribution is 2.53. The van der Waals surface area contributed by atoms with Crippen LogP contribution in [0.25, 0.3) is 0 Å². The first kappa shape index (κ1) is 26.7. The molecule has 0 spiro atoms. The van der Waals surface area contributed by atoms with Gasteiger partial charge in [0.25, 0.3) is 0 Å². The number of aromatic nitrogens is 1. The van der Waals surface area contributed by atoms with Gasteiger partial charge in [0.2, 0.25) is 11.8 Å². The van der Waals surface area contributed by atoms with Gasteiger partial charge in [0, 0.05) is 10.8 Å². The number of fused-ring (bicyclic) bond motifs is 2. The molecule has 1 aromatic heterocycles. The molecule has 2 amide bonds. The molecule has 1 saturated heterocycles. The molecule has 3 heterocycles. The Balaban J connectivity index is 1.49. The molecule has 0 radical (unpaired) electrons. The van der Waals surface area contributed by atoms with Gasteiger partial charge in [-0.3, -0.25) is 14.4 Å². The maximum absolute atomic E-state index is 13.9. The second kappa shape index (κ2) is 11.1. The van der Waals surface area contributed by atoms with Gasteiger partial charge in [-0.1, -0.05) is 35.2 Å². The number of anilines is 1. The number of amides is 2. The summed E-state index contributed by atoms with van der Waals surface area (Å²) in [7, 11) is 0. The van der Waals surface area contributed by atoms with Gasteiger partial charge in [0.1, 0.15) is 11.0 Å². The smallest absolute Gasteiger partial charge is 0.344 e. The molecule has 2 unspecified atom stereocenters. The highest BCUT2D eigenvalue weighted by Gasteiger charge is 2.56. The Kier molecular flexibility index (Phi) is 7.58. The summed E-state index contributed by atoms with van der Waals surface area (Å²) < 4.78 is 15.5. The van der Waals surface area contributed by atoms with Crippen molar-refractivity contribution in [1.29, 1.82) is 0 Å². The van der Waals surface area contributed by atoms with Crippen LogP contribution in [0.4, 0.5) is 5.69 Å². The van der Waals surface area contributed by atoms with Crippen LogP contribution in [-0.2, 0) is 23.9 Å². The van der Waals surface area contributed by atoms with Gasteiger partial charge in [-0.05, 0) is 55.8 Å². The number of rotatable bonds is 8. The highest BCUT2D eigenvalue weighted by molar-refractivity contribution is 8.00. The minimum atomic E-state index is -0.786. The van der Waals surface area contributed by atoms with Crippen molar-refractivity contribution in [2.75, 3.05) is 24.7 Å². The lowest BCUT2D eigenvalue weighted by atomic mass is 9.83. The molecule has 12 heteroatoms. The molecular weight excluding hydrogens is 544 g/mol. The number of thioether (sulfide) groups is 1. The lowest BCUT2D eigenvalue weighted by molar-refractivity contribution is -0.145. The number of nitrogens with one attached hydrogen (secondary N) is 1. The predicted molar refractivity (Wildman–Crippen MR) is 143 cm³/mol. The van der Waals surface area contributed by atoms with Crippen LogP contribution < -0.4 is 14.5 Å². The van der Waals surface area contributed by atoms with Crippen molar-refractivity contribution < 1.29 is 33.4 Å².